The first kappa shape index (κ1) is 19.6. The fraction of sp³-hybridized carbons (Fsp3) is 0.333. The summed E-state index contributed by atoms with van der Waals surface area (Å²) >= 11 is 19.4. The van der Waals surface area contributed by atoms with E-state index in [1.165, 1.54) is 0 Å². The number of benzene rings is 2. The number of anilines is 1. The summed E-state index contributed by atoms with van der Waals surface area (Å²) in [4.78, 5) is 0. The Bertz CT molecular complexity index is 935. The minimum absolute atomic E-state index is 0.00375. The first-order chi connectivity index (χ1) is 13.5. The highest BCUT2D eigenvalue weighted by Gasteiger charge is 2.41. The van der Waals surface area contributed by atoms with Crippen LogP contribution in [-0.4, -0.2) is 21.3 Å². The molecule has 2 aromatic rings. The zero-order chi connectivity index (χ0) is 20.0. The van der Waals surface area contributed by atoms with E-state index >= 15 is 0 Å². The molecular weight excluding hydrogens is 421 g/mol. The average molecular weight is 441 g/mol. The average Bonchev–Trinajstić information content (AvgIpc) is 3.19. The van der Waals surface area contributed by atoms with Crippen molar-refractivity contribution in [2.24, 2.45) is 5.92 Å². The van der Waals surface area contributed by atoms with Crippen LogP contribution < -0.4 is 19.5 Å². The molecule has 28 heavy (non-hydrogen) atoms. The van der Waals surface area contributed by atoms with Gasteiger partial charge < -0.3 is 19.5 Å². The zero-order valence-corrected chi connectivity index (χ0v) is 18.0. The Kier molecular flexibility index (Phi) is 5.30. The van der Waals surface area contributed by atoms with Crippen LogP contribution in [0.2, 0.25) is 15.1 Å². The molecule has 0 fully saturated rings. The van der Waals surface area contributed by atoms with E-state index in [-0.39, 0.29) is 17.9 Å². The van der Waals surface area contributed by atoms with Crippen molar-refractivity contribution >= 4 is 40.5 Å². The van der Waals surface area contributed by atoms with Crippen molar-refractivity contribution in [3.05, 3.63) is 56.5 Å². The third-order valence-electron chi connectivity index (χ3n) is 5.53. The topological polar surface area (TPSA) is 39.7 Å². The monoisotopic (exact) mass is 439 g/mol. The number of allylic oxidation sites excluding steroid dienone is 2. The third-order valence-corrected chi connectivity index (χ3v) is 6.63. The molecule has 0 unspecified atom stereocenters. The zero-order valence-electron chi connectivity index (χ0n) is 15.7. The van der Waals surface area contributed by atoms with Crippen molar-refractivity contribution in [2.75, 3.05) is 26.6 Å². The molecule has 1 aliphatic heterocycles. The Morgan fingerprint density at radius 2 is 1.61 bits per heavy atom. The highest BCUT2D eigenvalue weighted by molar-refractivity contribution is 6.44. The number of rotatable bonds is 4. The minimum Gasteiger partial charge on any atom is -0.493 e. The Balaban J connectivity index is 1.86. The molecule has 0 amide bonds. The number of halogens is 3. The van der Waals surface area contributed by atoms with Crippen LogP contribution in [0.1, 0.15) is 29.5 Å². The van der Waals surface area contributed by atoms with Gasteiger partial charge in [-0.3, -0.25) is 0 Å². The molecule has 1 aliphatic carbocycles. The number of hydrogen-bond acceptors (Lipinski definition) is 4. The van der Waals surface area contributed by atoms with Gasteiger partial charge in [-0.2, -0.15) is 0 Å². The van der Waals surface area contributed by atoms with Gasteiger partial charge in [-0.15, -0.1) is 0 Å². The maximum atomic E-state index is 6.56. The number of fused-ring (bicyclic) bond motifs is 3. The Morgan fingerprint density at radius 3 is 2.21 bits per heavy atom. The molecule has 0 bridgehead atoms. The molecule has 4 rings (SSSR count). The Morgan fingerprint density at radius 1 is 0.929 bits per heavy atom. The lowest BCUT2D eigenvalue weighted by Crippen LogP contribution is -2.29. The summed E-state index contributed by atoms with van der Waals surface area (Å²) in [6.07, 6.45) is 5.29. The Hall–Kier alpha value is -1.75. The van der Waals surface area contributed by atoms with E-state index in [9.17, 15) is 0 Å². The normalized spacial score (nSPS) is 22.3. The summed E-state index contributed by atoms with van der Waals surface area (Å²) < 4.78 is 16.5. The second kappa shape index (κ2) is 7.58. The highest BCUT2D eigenvalue weighted by atomic mass is 35.5. The molecule has 4 nitrogen and oxygen atoms in total. The number of hydrogen-bond donors (Lipinski definition) is 1. The van der Waals surface area contributed by atoms with Gasteiger partial charge in [0, 0.05) is 11.5 Å². The molecular formula is C21H20Cl3NO3. The standard InChI is InChI=1S/C21H20Cl3NO3/c1-26-15-7-10(8-16(27-2)21(15)28-3)19-12-6-4-5-11(12)17-18(24)13(22)9-14(23)20(17)25-19/h4-5,7-9,11-12,19,25H,6H2,1-3H3/t11-,12-,19+/m1/s1. The third kappa shape index (κ3) is 2.99. The summed E-state index contributed by atoms with van der Waals surface area (Å²) in [7, 11) is 4.82. The molecule has 0 aromatic heterocycles. The van der Waals surface area contributed by atoms with Crippen molar-refractivity contribution < 1.29 is 14.2 Å². The smallest absolute Gasteiger partial charge is 0.203 e. The molecule has 2 aliphatic rings. The van der Waals surface area contributed by atoms with E-state index in [1.807, 2.05) is 12.1 Å². The lowest BCUT2D eigenvalue weighted by molar-refractivity contribution is 0.322. The Labute approximate surface area is 179 Å². The van der Waals surface area contributed by atoms with Gasteiger partial charge in [0.05, 0.1) is 48.1 Å². The van der Waals surface area contributed by atoms with E-state index in [0.717, 1.165) is 23.2 Å². The van der Waals surface area contributed by atoms with Gasteiger partial charge in [0.25, 0.3) is 0 Å². The number of nitrogens with one attached hydrogen (secondary N) is 1. The van der Waals surface area contributed by atoms with Crippen LogP contribution >= 0.6 is 34.8 Å². The molecule has 1 heterocycles. The van der Waals surface area contributed by atoms with Crippen molar-refractivity contribution in [2.45, 2.75) is 18.4 Å². The van der Waals surface area contributed by atoms with E-state index in [1.54, 1.807) is 27.4 Å². The van der Waals surface area contributed by atoms with Crippen LogP contribution in [0, 0.1) is 5.92 Å². The molecule has 0 saturated carbocycles. The molecule has 0 saturated heterocycles. The second-order valence-electron chi connectivity index (χ2n) is 6.88. The van der Waals surface area contributed by atoms with Crippen LogP contribution in [0.3, 0.4) is 0 Å². The van der Waals surface area contributed by atoms with E-state index in [0.29, 0.717) is 32.3 Å². The molecule has 7 heteroatoms. The van der Waals surface area contributed by atoms with Gasteiger partial charge in [-0.05, 0) is 36.1 Å². The lowest BCUT2D eigenvalue weighted by Gasteiger charge is -2.38. The summed E-state index contributed by atoms with van der Waals surface area (Å²) in [5, 5.41) is 5.17. The second-order valence-corrected chi connectivity index (χ2v) is 8.07. The van der Waals surface area contributed by atoms with Gasteiger partial charge >= 0.3 is 0 Å². The van der Waals surface area contributed by atoms with E-state index < -0.39 is 0 Å². The molecule has 3 atom stereocenters. The predicted molar refractivity (Wildman–Crippen MR) is 114 cm³/mol. The summed E-state index contributed by atoms with van der Waals surface area (Å²) in [5.41, 5.74) is 2.81. The SMILES string of the molecule is COc1cc([C@@H]2Nc3c(Cl)cc(Cl)c(Cl)c3[C@@H]3C=CC[C@H]32)cc(OC)c1OC. The maximum absolute atomic E-state index is 6.56. The largest absolute Gasteiger partial charge is 0.493 e. The first-order valence-corrected chi connectivity index (χ1v) is 10.0. The molecule has 2 aromatic carbocycles. The van der Waals surface area contributed by atoms with Crippen LogP contribution in [0.5, 0.6) is 17.2 Å². The molecule has 1 N–H and O–H groups in total. The summed E-state index contributed by atoms with van der Waals surface area (Å²) in [6.45, 7) is 0. The van der Waals surface area contributed by atoms with Gasteiger partial charge in [0.15, 0.2) is 11.5 Å². The molecule has 0 radical (unpaired) electrons. The van der Waals surface area contributed by atoms with Gasteiger partial charge in [0.2, 0.25) is 5.75 Å². The summed E-state index contributed by atoms with van der Waals surface area (Å²) in [5.74, 6) is 2.20. The van der Waals surface area contributed by atoms with Crippen LogP contribution in [0.15, 0.2) is 30.4 Å². The van der Waals surface area contributed by atoms with Crippen molar-refractivity contribution in [1.82, 2.24) is 0 Å². The van der Waals surface area contributed by atoms with Crippen molar-refractivity contribution in [1.29, 1.82) is 0 Å². The van der Waals surface area contributed by atoms with Crippen LogP contribution in [0.4, 0.5) is 5.69 Å². The summed E-state index contributed by atoms with van der Waals surface area (Å²) in [6, 6.07) is 5.63. The quantitative estimate of drug-likeness (QED) is 0.435. The highest BCUT2D eigenvalue weighted by Crippen LogP contribution is 2.56. The molecule has 148 valence electrons. The van der Waals surface area contributed by atoms with Gasteiger partial charge in [-0.1, -0.05) is 47.0 Å². The van der Waals surface area contributed by atoms with Crippen molar-refractivity contribution in [3.8, 4) is 17.2 Å². The predicted octanol–water partition coefficient (Wildman–Crippen LogP) is 6.50. The number of methoxy groups -OCH3 is 3. The van der Waals surface area contributed by atoms with Gasteiger partial charge in [-0.25, -0.2) is 0 Å². The lowest BCUT2D eigenvalue weighted by atomic mass is 9.77. The van der Waals surface area contributed by atoms with Crippen LogP contribution in [0.25, 0.3) is 0 Å². The number of ether oxygens (including phenoxy) is 3. The maximum Gasteiger partial charge on any atom is 0.203 e. The van der Waals surface area contributed by atoms with Crippen LogP contribution in [-0.2, 0) is 0 Å². The van der Waals surface area contributed by atoms with Gasteiger partial charge in [0.1, 0.15) is 0 Å². The van der Waals surface area contributed by atoms with E-state index in [4.69, 9.17) is 49.0 Å². The molecule has 0 spiro atoms. The fourth-order valence-corrected chi connectivity index (χ4v) is 5.08. The van der Waals surface area contributed by atoms with E-state index in [2.05, 4.69) is 17.5 Å². The minimum atomic E-state index is -0.00375. The fourth-order valence-electron chi connectivity index (χ4n) is 4.27. The first-order valence-electron chi connectivity index (χ1n) is 8.90. The van der Waals surface area contributed by atoms with Crippen molar-refractivity contribution in [3.63, 3.8) is 0 Å².